The van der Waals surface area contributed by atoms with Gasteiger partial charge in [0.05, 0.1) is 5.69 Å². The Morgan fingerprint density at radius 1 is 1.04 bits per heavy atom. The van der Waals surface area contributed by atoms with E-state index < -0.39 is 0 Å². The molecule has 0 aliphatic rings. The van der Waals surface area contributed by atoms with Crippen LogP contribution >= 0.6 is 0 Å². The maximum atomic E-state index is 8.07. The molecule has 27 heavy (non-hydrogen) atoms. The van der Waals surface area contributed by atoms with Crippen molar-refractivity contribution >= 4 is 23.0 Å². The van der Waals surface area contributed by atoms with Gasteiger partial charge in [0.2, 0.25) is 0 Å². The lowest BCUT2D eigenvalue weighted by Crippen LogP contribution is -2.21. The number of nitrogens with zero attached hydrogens (tertiary/aromatic N) is 4. The fourth-order valence-electron chi connectivity index (χ4n) is 2.87. The normalized spacial score (nSPS) is 10.7. The maximum absolute atomic E-state index is 8.07. The first-order valence-corrected chi connectivity index (χ1v) is 8.64. The Balaban J connectivity index is 1.69. The molecule has 0 atom stereocenters. The van der Waals surface area contributed by atoms with Gasteiger partial charge in [-0.2, -0.15) is 0 Å². The SMILES string of the molecule is CN(C)C(=N)c1ccc(Nc2nc(-c3ccccc3)cn3ccnc23)cc1. The van der Waals surface area contributed by atoms with E-state index in [0.717, 1.165) is 28.2 Å². The van der Waals surface area contributed by atoms with Gasteiger partial charge >= 0.3 is 0 Å². The van der Waals surface area contributed by atoms with E-state index in [1.54, 1.807) is 11.1 Å². The highest BCUT2D eigenvalue weighted by Gasteiger charge is 2.10. The largest absolute Gasteiger partial charge is 0.363 e. The molecule has 0 unspecified atom stereocenters. The van der Waals surface area contributed by atoms with E-state index in [2.05, 4.69) is 10.3 Å². The van der Waals surface area contributed by atoms with Crippen molar-refractivity contribution in [2.45, 2.75) is 0 Å². The number of nitrogens with one attached hydrogen (secondary N) is 2. The summed E-state index contributed by atoms with van der Waals surface area (Å²) in [6.07, 6.45) is 5.65. The first-order chi connectivity index (χ1) is 13.1. The number of imidazole rings is 1. The van der Waals surface area contributed by atoms with Gasteiger partial charge in [-0.1, -0.05) is 30.3 Å². The van der Waals surface area contributed by atoms with Crippen LogP contribution in [0.4, 0.5) is 11.5 Å². The summed E-state index contributed by atoms with van der Waals surface area (Å²) in [6, 6.07) is 17.8. The fraction of sp³-hybridized carbons (Fsp3) is 0.0952. The Bertz CT molecular complexity index is 1080. The quantitative estimate of drug-likeness (QED) is 0.428. The van der Waals surface area contributed by atoms with Crippen molar-refractivity contribution in [3.63, 3.8) is 0 Å². The van der Waals surface area contributed by atoms with Gasteiger partial charge in [-0.3, -0.25) is 5.41 Å². The Morgan fingerprint density at radius 3 is 2.48 bits per heavy atom. The predicted molar refractivity (Wildman–Crippen MR) is 109 cm³/mol. The van der Waals surface area contributed by atoms with E-state index in [0.29, 0.717) is 11.7 Å². The zero-order chi connectivity index (χ0) is 18.8. The molecule has 6 nitrogen and oxygen atoms in total. The van der Waals surface area contributed by atoms with Crippen molar-refractivity contribution < 1.29 is 0 Å². The summed E-state index contributed by atoms with van der Waals surface area (Å²) in [5, 5.41) is 11.4. The van der Waals surface area contributed by atoms with E-state index in [1.165, 1.54) is 0 Å². The molecule has 134 valence electrons. The topological polar surface area (TPSA) is 69.3 Å². The zero-order valence-corrected chi connectivity index (χ0v) is 15.2. The zero-order valence-electron chi connectivity index (χ0n) is 15.2. The van der Waals surface area contributed by atoms with Gasteiger partial charge in [0.15, 0.2) is 11.5 Å². The minimum absolute atomic E-state index is 0.474. The van der Waals surface area contributed by atoms with Crippen LogP contribution in [0, 0.1) is 5.41 Å². The minimum atomic E-state index is 0.474. The van der Waals surface area contributed by atoms with E-state index >= 15 is 0 Å². The number of aromatic nitrogens is 3. The van der Waals surface area contributed by atoms with Crippen LogP contribution in [0.25, 0.3) is 16.9 Å². The van der Waals surface area contributed by atoms with Crippen molar-refractivity contribution in [1.82, 2.24) is 19.3 Å². The molecular formula is C21H20N6. The van der Waals surface area contributed by atoms with Crippen LogP contribution < -0.4 is 5.32 Å². The molecule has 2 heterocycles. The summed E-state index contributed by atoms with van der Waals surface area (Å²) < 4.78 is 1.97. The van der Waals surface area contributed by atoms with Crippen molar-refractivity contribution in [3.05, 3.63) is 78.8 Å². The molecule has 0 saturated heterocycles. The first kappa shape index (κ1) is 16.8. The smallest absolute Gasteiger partial charge is 0.180 e. The molecule has 6 heteroatoms. The molecule has 0 aliphatic carbocycles. The second-order valence-electron chi connectivity index (χ2n) is 6.44. The maximum Gasteiger partial charge on any atom is 0.180 e. The molecule has 0 fully saturated rings. The Morgan fingerprint density at radius 2 is 1.78 bits per heavy atom. The molecule has 0 radical (unpaired) electrons. The number of hydrogen-bond donors (Lipinski definition) is 2. The third-order valence-corrected chi connectivity index (χ3v) is 4.31. The second kappa shape index (κ2) is 6.92. The molecule has 0 bridgehead atoms. The van der Waals surface area contributed by atoms with Crippen molar-refractivity contribution in [2.24, 2.45) is 0 Å². The number of amidine groups is 1. The molecule has 0 aliphatic heterocycles. The van der Waals surface area contributed by atoms with Gasteiger partial charge in [0.1, 0.15) is 5.84 Å². The van der Waals surface area contributed by atoms with Crippen LogP contribution in [0.15, 0.2) is 73.2 Å². The fourth-order valence-corrected chi connectivity index (χ4v) is 2.87. The molecule has 4 rings (SSSR count). The third-order valence-electron chi connectivity index (χ3n) is 4.31. The summed E-state index contributed by atoms with van der Waals surface area (Å²) >= 11 is 0. The number of anilines is 2. The van der Waals surface area contributed by atoms with Crippen LogP contribution in [0.2, 0.25) is 0 Å². The van der Waals surface area contributed by atoms with Gasteiger partial charge in [0, 0.05) is 49.5 Å². The van der Waals surface area contributed by atoms with E-state index in [4.69, 9.17) is 10.4 Å². The van der Waals surface area contributed by atoms with Crippen molar-refractivity contribution in [3.8, 4) is 11.3 Å². The molecule has 0 spiro atoms. The number of fused-ring (bicyclic) bond motifs is 1. The van der Waals surface area contributed by atoms with Crippen LogP contribution in [-0.4, -0.2) is 39.2 Å². The summed E-state index contributed by atoms with van der Waals surface area (Å²) in [5.41, 5.74) is 4.44. The summed E-state index contributed by atoms with van der Waals surface area (Å²) in [6.45, 7) is 0. The van der Waals surface area contributed by atoms with Gasteiger partial charge in [-0.15, -0.1) is 0 Å². The first-order valence-electron chi connectivity index (χ1n) is 8.64. The Hall–Kier alpha value is -3.67. The number of hydrogen-bond acceptors (Lipinski definition) is 4. The van der Waals surface area contributed by atoms with Gasteiger partial charge in [0.25, 0.3) is 0 Å². The minimum Gasteiger partial charge on any atom is -0.363 e. The summed E-state index contributed by atoms with van der Waals surface area (Å²) in [7, 11) is 3.73. The van der Waals surface area contributed by atoms with Crippen LogP contribution in [0.5, 0.6) is 0 Å². The molecule has 4 aromatic rings. The highest BCUT2D eigenvalue weighted by molar-refractivity contribution is 5.96. The molecular weight excluding hydrogens is 336 g/mol. The monoisotopic (exact) mass is 356 g/mol. The van der Waals surface area contributed by atoms with Gasteiger partial charge in [-0.05, 0) is 24.3 Å². The predicted octanol–water partition coefficient (Wildman–Crippen LogP) is 4.03. The average molecular weight is 356 g/mol. The van der Waals surface area contributed by atoms with Gasteiger partial charge in [-0.25, -0.2) is 9.97 Å². The van der Waals surface area contributed by atoms with E-state index in [-0.39, 0.29) is 0 Å². The highest BCUT2D eigenvalue weighted by atomic mass is 15.1. The molecule has 0 saturated carbocycles. The van der Waals surface area contributed by atoms with E-state index in [9.17, 15) is 0 Å². The number of benzene rings is 2. The lowest BCUT2D eigenvalue weighted by Gasteiger charge is -2.14. The number of rotatable bonds is 4. The lowest BCUT2D eigenvalue weighted by atomic mass is 10.1. The molecule has 0 amide bonds. The lowest BCUT2D eigenvalue weighted by molar-refractivity contribution is 0.619. The Labute approximate surface area is 157 Å². The Kier molecular flexibility index (Phi) is 4.30. The third kappa shape index (κ3) is 3.37. The molecule has 2 N–H and O–H groups in total. The van der Waals surface area contributed by atoms with Crippen LogP contribution in [0.1, 0.15) is 5.56 Å². The highest BCUT2D eigenvalue weighted by Crippen LogP contribution is 2.24. The van der Waals surface area contributed by atoms with Gasteiger partial charge < -0.3 is 14.6 Å². The second-order valence-corrected chi connectivity index (χ2v) is 6.44. The van der Waals surface area contributed by atoms with Crippen molar-refractivity contribution in [2.75, 3.05) is 19.4 Å². The summed E-state index contributed by atoms with van der Waals surface area (Å²) in [4.78, 5) is 11.0. The standard InChI is InChI=1S/C21H20N6/c1-26(2)19(22)16-8-10-17(11-9-16)24-20-21-23-12-13-27(21)14-18(25-20)15-6-4-3-5-7-15/h3-14,22H,1-2H3,(H,24,25). The van der Waals surface area contributed by atoms with Crippen LogP contribution in [0.3, 0.4) is 0 Å². The average Bonchev–Trinajstić information content (AvgIpc) is 3.17. The van der Waals surface area contributed by atoms with E-state index in [1.807, 2.05) is 85.5 Å². The molecule has 2 aromatic carbocycles. The molecule has 2 aromatic heterocycles. The van der Waals surface area contributed by atoms with Crippen LogP contribution in [-0.2, 0) is 0 Å². The summed E-state index contributed by atoms with van der Waals surface area (Å²) in [5.74, 6) is 1.16. The van der Waals surface area contributed by atoms with Crippen molar-refractivity contribution in [1.29, 1.82) is 5.41 Å².